The largest absolute Gasteiger partial charge is 0.486 e. The van der Waals surface area contributed by atoms with Gasteiger partial charge in [0.15, 0.2) is 5.84 Å². The van der Waals surface area contributed by atoms with E-state index >= 15 is 0 Å². The van der Waals surface area contributed by atoms with Crippen LogP contribution in [0.2, 0.25) is 0 Å². The third kappa shape index (κ3) is 8.83. The van der Waals surface area contributed by atoms with Crippen LogP contribution >= 0.6 is 0 Å². The van der Waals surface area contributed by atoms with Crippen LogP contribution in [0, 0.1) is 5.41 Å². The second kappa shape index (κ2) is 16.3. The topological polar surface area (TPSA) is 137 Å². The Bertz CT molecular complexity index is 1900. The zero-order chi connectivity index (χ0) is 34.9. The molecule has 0 spiro atoms. The molecule has 2 heterocycles. The molecule has 10 heteroatoms. The van der Waals surface area contributed by atoms with E-state index in [1.54, 1.807) is 24.1 Å². The van der Waals surface area contributed by atoms with Crippen LogP contribution in [-0.4, -0.2) is 72.6 Å². The van der Waals surface area contributed by atoms with Gasteiger partial charge in [-0.25, -0.2) is 9.79 Å². The number of likely N-dealkylation sites (tertiary alicyclic amines) is 1. The van der Waals surface area contributed by atoms with Gasteiger partial charge in [0, 0.05) is 60.9 Å². The zero-order valence-corrected chi connectivity index (χ0v) is 28.5. The maximum Gasteiger partial charge on any atom is 0.336 e. The highest BCUT2D eigenvalue weighted by molar-refractivity contribution is 6.09. The molecule has 5 rings (SSSR count). The van der Waals surface area contributed by atoms with E-state index in [-0.39, 0.29) is 29.9 Å². The van der Waals surface area contributed by atoms with Crippen molar-refractivity contribution in [3.05, 3.63) is 111 Å². The summed E-state index contributed by atoms with van der Waals surface area (Å²) in [6.07, 6.45) is 20.1. The van der Waals surface area contributed by atoms with Crippen molar-refractivity contribution in [2.45, 2.75) is 57.7 Å². The number of benzene rings is 1. The normalized spacial score (nSPS) is 20.8. The molecule has 1 aromatic heterocycles. The number of ether oxygens (including phenoxy) is 1. The molecular formula is C39H46N6O4. The van der Waals surface area contributed by atoms with Crippen molar-refractivity contribution in [2.24, 2.45) is 10.7 Å². The highest BCUT2D eigenvalue weighted by Gasteiger charge is 2.25. The molecule has 1 saturated heterocycles. The van der Waals surface area contributed by atoms with E-state index in [0.717, 1.165) is 43.2 Å². The molecule has 256 valence electrons. The molecule has 1 aromatic carbocycles. The molecule has 1 aliphatic heterocycles. The van der Waals surface area contributed by atoms with Crippen molar-refractivity contribution in [3.8, 4) is 5.75 Å². The average Bonchev–Trinajstić information content (AvgIpc) is 3.10. The number of hydrogen-bond donors (Lipinski definition) is 3. The molecule has 0 saturated carbocycles. The van der Waals surface area contributed by atoms with Crippen molar-refractivity contribution >= 4 is 41.9 Å². The lowest BCUT2D eigenvalue weighted by Gasteiger charge is -2.34. The Labute approximate surface area is 287 Å². The molecule has 0 bridgehead atoms. The van der Waals surface area contributed by atoms with E-state index < -0.39 is 5.63 Å². The molecule has 2 aromatic rings. The summed E-state index contributed by atoms with van der Waals surface area (Å²) in [6, 6.07) is 8.93. The van der Waals surface area contributed by atoms with Crippen molar-refractivity contribution in [2.75, 3.05) is 26.7 Å². The van der Waals surface area contributed by atoms with Crippen LogP contribution in [0.5, 0.6) is 5.75 Å². The number of rotatable bonds is 11. The van der Waals surface area contributed by atoms with Gasteiger partial charge in [0.1, 0.15) is 17.3 Å². The summed E-state index contributed by atoms with van der Waals surface area (Å²) in [7, 11) is 2.04. The van der Waals surface area contributed by atoms with Crippen LogP contribution in [0.4, 0.5) is 0 Å². The van der Waals surface area contributed by atoms with Crippen molar-refractivity contribution in [1.29, 1.82) is 5.41 Å². The maximum absolute atomic E-state index is 13.4. The minimum atomic E-state index is -0.448. The molecule has 3 atom stereocenters. The summed E-state index contributed by atoms with van der Waals surface area (Å²) in [5.74, 6) is 0.562. The fourth-order valence-corrected chi connectivity index (χ4v) is 6.23. The smallest absolute Gasteiger partial charge is 0.336 e. The number of allylic oxidation sites excluding steroid dienone is 2. The van der Waals surface area contributed by atoms with Gasteiger partial charge in [-0.2, -0.15) is 0 Å². The van der Waals surface area contributed by atoms with Crippen molar-refractivity contribution in [1.82, 2.24) is 15.1 Å². The van der Waals surface area contributed by atoms with Gasteiger partial charge >= 0.3 is 5.63 Å². The SMILES string of the molecule is C=C(NC1CCCN(C(=O)/C=C/c2cc(=O)oc3c2=CCC(N(C)CC)C=3)C1)C(C(=N)N=CC)=C(N)c1ccc(OC2C=CC=CC2)cc1. The average molecular weight is 663 g/mol. The van der Waals surface area contributed by atoms with Gasteiger partial charge in [0.05, 0.1) is 11.3 Å². The first-order chi connectivity index (χ1) is 23.7. The number of carbonyl (C=O) groups is 1. The lowest BCUT2D eigenvalue weighted by atomic mass is 10.0. The fraction of sp³-hybridized carbons (Fsp3) is 0.333. The summed E-state index contributed by atoms with van der Waals surface area (Å²) in [4.78, 5) is 33.9. The fourth-order valence-electron chi connectivity index (χ4n) is 6.23. The van der Waals surface area contributed by atoms with Crippen LogP contribution in [0.1, 0.15) is 50.7 Å². The first-order valence-corrected chi connectivity index (χ1v) is 16.8. The van der Waals surface area contributed by atoms with E-state index in [1.165, 1.54) is 12.1 Å². The number of nitrogens with two attached hydrogens (primary N) is 1. The van der Waals surface area contributed by atoms with E-state index in [4.69, 9.17) is 20.3 Å². The Kier molecular flexibility index (Phi) is 11.6. The maximum atomic E-state index is 13.4. The zero-order valence-electron chi connectivity index (χ0n) is 28.5. The molecule has 1 fully saturated rings. The quantitative estimate of drug-likeness (QED) is 0.144. The molecule has 3 aliphatic rings. The van der Waals surface area contributed by atoms with Crippen LogP contribution in [0.15, 0.2) is 92.8 Å². The van der Waals surface area contributed by atoms with Gasteiger partial charge in [-0.3, -0.25) is 15.1 Å². The number of amidine groups is 1. The Morgan fingerprint density at radius 3 is 2.78 bits per heavy atom. The van der Waals surface area contributed by atoms with Crippen molar-refractivity contribution in [3.63, 3.8) is 0 Å². The minimum absolute atomic E-state index is 0.0130. The van der Waals surface area contributed by atoms with Crippen LogP contribution < -0.4 is 32.0 Å². The number of nitrogens with zero attached hydrogens (tertiary/aromatic N) is 3. The number of nitrogens with one attached hydrogen (secondary N) is 2. The number of carbonyl (C=O) groups excluding carboxylic acids is 1. The first-order valence-electron chi connectivity index (χ1n) is 16.8. The molecule has 2 aliphatic carbocycles. The summed E-state index contributed by atoms with van der Waals surface area (Å²) >= 11 is 0. The second-order valence-electron chi connectivity index (χ2n) is 12.4. The van der Waals surface area contributed by atoms with Crippen LogP contribution in [0.3, 0.4) is 0 Å². The third-order valence-corrected chi connectivity index (χ3v) is 9.01. The Morgan fingerprint density at radius 2 is 2.06 bits per heavy atom. The standard InChI is InChI=1S/C39H46N6O4/c1-5-42-39(41)37(38(40)27-14-18-32(19-15-27)48-31-12-8-7-9-13-31)26(3)43-29-11-10-22-45(25-29)35(46)21-16-28-23-36(47)49-34-24-30(44(4)6-2)17-20-33(28)34/h5,7-9,12,14-16,18-21,23-24,29-31,41,43H,3,6,10-11,13,17,22,25,40H2,1-2,4H3/b21-16+,38-37?,41-39?,42-5?. The molecule has 10 nitrogen and oxygen atoms in total. The highest BCUT2D eigenvalue weighted by Crippen LogP contribution is 2.24. The first kappa shape index (κ1) is 35.1. The third-order valence-electron chi connectivity index (χ3n) is 9.01. The van der Waals surface area contributed by atoms with E-state index in [2.05, 4.69) is 40.9 Å². The van der Waals surface area contributed by atoms with E-state index in [0.29, 0.717) is 46.6 Å². The predicted octanol–water partition coefficient (Wildman–Crippen LogP) is 3.73. The number of hydrogen-bond acceptors (Lipinski definition) is 8. The van der Waals surface area contributed by atoms with Crippen LogP contribution in [-0.2, 0) is 4.79 Å². The predicted molar refractivity (Wildman–Crippen MR) is 198 cm³/mol. The van der Waals surface area contributed by atoms with Gasteiger partial charge in [0.25, 0.3) is 0 Å². The molecule has 49 heavy (non-hydrogen) atoms. The number of fused-ring (bicyclic) bond motifs is 1. The Morgan fingerprint density at radius 1 is 1.27 bits per heavy atom. The monoisotopic (exact) mass is 662 g/mol. The van der Waals surface area contributed by atoms with Crippen molar-refractivity contribution < 1.29 is 13.9 Å². The molecule has 3 unspecified atom stereocenters. The molecule has 1 amide bonds. The Hall–Kier alpha value is -5.22. The molecule has 4 N–H and O–H groups in total. The lowest BCUT2D eigenvalue weighted by Crippen LogP contribution is -2.47. The van der Waals surface area contributed by atoms with Gasteiger partial charge in [0.2, 0.25) is 5.91 Å². The van der Waals surface area contributed by atoms with Crippen LogP contribution in [0.25, 0.3) is 23.9 Å². The summed E-state index contributed by atoms with van der Waals surface area (Å²) < 4.78 is 11.6. The Balaban J connectivity index is 1.28. The molecular weight excluding hydrogens is 616 g/mol. The summed E-state index contributed by atoms with van der Waals surface area (Å²) in [6.45, 7) is 10.00. The van der Waals surface area contributed by atoms with Gasteiger partial charge in [-0.1, -0.05) is 37.8 Å². The summed E-state index contributed by atoms with van der Waals surface area (Å²) in [5, 5.41) is 12.9. The summed E-state index contributed by atoms with van der Waals surface area (Å²) in [5.41, 5.74) is 9.35. The minimum Gasteiger partial charge on any atom is -0.486 e. The highest BCUT2D eigenvalue weighted by atomic mass is 16.5. The number of piperidine rings is 1. The number of amides is 1. The number of aliphatic imine (C=N–C) groups is 1. The molecule has 0 radical (unpaired) electrons. The van der Waals surface area contributed by atoms with Gasteiger partial charge in [-0.05, 0) is 93.4 Å². The lowest BCUT2D eigenvalue weighted by molar-refractivity contribution is -0.127. The van der Waals surface area contributed by atoms with E-state index in [1.807, 2.05) is 55.6 Å². The van der Waals surface area contributed by atoms with Gasteiger partial charge in [-0.15, -0.1) is 0 Å². The van der Waals surface area contributed by atoms with Gasteiger partial charge < -0.3 is 25.1 Å². The van der Waals surface area contributed by atoms with E-state index in [9.17, 15) is 9.59 Å². The second-order valence-corrected chi connectivity index (χ2v) is 12.4.